The van der Waals surface area contributed by atoms with E-state index in [1.165, 1.54) is 12.3 Å². The van der Waals surface area contributed by atoms with E-state index in [-0.39, 0.29) is 11.8 Å². The van der Waals surface area contributed by atoms with Crippen molar-refractivity contribution in [2.45, 2.75) is 26.1 Å². The van der Waals surface area contributed by atoms with Gasteiger partial charge in [0.2, 0.25) is 11.8 Å². The molecule has 1 aromatic rings. The number of halogens is 3. The summed E-state index contributed by atoms with van der Waals surface area (Å²) in [5.41, 5.74) is 0.691. The molecule has 0 aliphatic heterocycles. The highest BCUT2D eigenvalue weighted by atomic mass is 19.4. The van der Waals surface area contributed by atoms with E-state index in [0.29, 0.717) is 18.5 Å². The first kappa shape index (κ1) is 14.3. The number of pyridine rings is 1. The molecule has 1 aromatic heterocycles. The maximum Gasteiger partial charge on any atom is 0.422 e. The predicted molar refractivity (Wildman–Crippen MR) is 57.9 cm³/mol. The van der Waals surface area contributed by atoms with Crippen molar-refractivity contribution in [3.8, 4) is 5.88 Å². The van der Waals surface area contributed by atoms with E-state index >= 15 is 0 Å². The van der Waals surface area contributed by atoms with Crippen LogP contribution < -0.4 is 10.1 Å². The Balaban J connectivity index is 2.45. The topological polar surface area (TPSA) is 51.2 Å². The lowest BCUT2D eigenvalue weighted by Crippen LogP contribution is -2.21. The Morgan fingerprint density at radius 3 is 2.67 bits per heavy atom. The molecule has 18 heavy (non-hydrogen) atoms. The summed E-state index contributed by atoms with van der Waals surface area (Å²) >= 11 is 0. The maximum atomic E-state index is 11.9. The number of hydrogen-bond donors (Lipinski definition) is 1. The normalized spacial score (nSPS) is 11.1. The monoisotopic (exact) mass is 262 g/mol. The first-order valence-corrected chi connectivity index (χ1v) is 5.32. The molecule has 1 rings (SSSR count). The van der Waals surface area contributed by atoms with Crippen LogP contribution in [0, 0.1) is 0 Å². The summed E-state index contributed by atoms with van der Waals surface area (Å²) in [6.45, 7) is 0.646. The summed E-state index contributed by atoms with van der Waals surface area (Å²) in [6, 6.07) is 2.88. The van der Waals surface area contributed by atoms with Crippen molar-refractivity contribution in [3.63, 3.8) is 0 Å². The van der Waals surface area contributed by atoms with Gasteiger partial charge in [0.25, 0.3) is 0 Å². The third kappa shape index (κ3) is 5.51. The minimum absolute atomic E-state index is 0.0992. The molecule has 0 atom stereocenters. The van der Waals surface area contributed by atoms with Gasteiger partial charge in [-0.3, -0.25) is 4.79 Å². The summed E-state index contributed by atoms with van der Waals surface area (Å²) < 4.78 is 40.1. The van der Waals surface area contributed by atoms with Gasteiger partial charge < -0.3 is 10.1 Å². The molecule has 0 saturated heterocycles. The average Bonchev–Trinajstić information content (AvgIpc) is 2.33. The molecule has 0 radical (unpaired) electrons. The van der Waals surface area contributed by atoms with Gasteiger partial charge in [0.05, 0.1) is 0 Å². The van der Waals surface area contributed by atoms with Gasteiger partial charge >= 0.3 is 6.18 Å². The zero-order valence-corrected chi connectivity index (χ0v) is 9.75. The summed E-state index contributed by atoms with van der Waals surface area (Å²) in [6.07, 6.45) is -2.64. The molecule has 0 spiro atoms. The van der Waals surface area contributed by atoms with Crippen molar-refractivity contribution >= 4 is 5.91 Å². The number of amides is 1. The fraction of sp³-hybridized carbons (Fsp3) is 0.455. The molecule has 7 heteroatoms. The zero-order chi connectivity index (χ0) is 13.6. The van der Waals surface area contributed by atoms with Crippen molar-refractivity contribution in [2.75, 3.05) is 6.61 Å². The molecule has 100 valence electrons. The van der Waals surface area contributed by atoms with E-state index in [1.54, 1.807) is 13.0 Å². The second-order valence-corrected chi connectivity index (χ2v) is 3.54. The number of carbonyl (C=O) groups excluding carboxylic acids is 1. The maximum absolute atomic E-state index is 11.9. The second-order valence-electron chi connectivity index (χ2n) is 3.54. The molecule has 4 nitrogen and oxygen atoms in total. The average molecular weight is 262 g/mol. The first-order chi connectivity index (χ1) is 8.40. The minimum atomic E-state index is -4.38. The fourth-order valence-electron chi connectivity index (χ4n) is 1.08. The standard InChI is InChI=1S/C11H13F3N2O2/c1-2-9(17)15-5-8-3-4-10(16-6-8)18-7-11(12,13)14/h3-4,6H,2,5,7H2,1H3,(H,15,17). The van der Waals surface area contributed by atoms with Gasteiger partial charge in [-0.05, 0) is 5.56 Å². The molecule has 0 unspecified atom stereocenters. The van der Waals surface area contributed by atoms with Gasteiger partial charge in [-0.15, -0.1) is 0 Å². The van der Waals surface area contributed by atoms with E-state index in [2.05, 4.69) is 15.0 Å². The van der Waals surface area contributed by atoms with Crippen LogP contribution in [0.25, 0.3) is 0 Å². The van der Waals surface area contributed by atoms with Gasteiger partial charge in [0.1, 0.15) is 0 Å². The van der Waals surface area contributed by atoms with E-state index < -0.39 is 12.8 Å². The van der Waals surface area contributed by atoms with Crippen LogP contribution in [0.5, 0.6) is 5.88 Å². The third-order valence-electron chi connectivity index (χ3n) is 1.99. The van der Waals surface area contributed by atoms with Crippen molar-refractivity contribution in [3.05, 3.63) is 23.9 Å². The van der Waals surface area contributed by atoms with Crippen molar-refractivity contribution < 1.29 is 22.7 Å². The number of rotatable bonds is 5. The van der Waals surface area contributed by atoms with Crippen molar-refractivity contribution in [1.29, 1.82) is 0 Å². The van der Waals surface area contributed by atoms with Gasteiger partial charge in [0, 0.05) is 25.2 Å². The molecule has 0 aliphatic rings. The highest BCUT2D eigenvalue weighted by molar-refractivity contribution is 5.75. The van der Waals surface area contributed by atoms with E-state index in [1.807, 2.05) is 0 Å². The number of aromatic nitrogens is 1. The summed E-state index contributed by atoms with van der Waals surface area (Å²) in [5.74, 6) is -0.203. The Labute approximate surface area is 102 Å². The summed E-state index contributed by atoms with van der Waals surface area (Å²) in [5, 5.41) is 2.62. The Morgan fingerprint density at radius 2 is 2.17 bits per heavy atom. The lowest BCUT2D eigenvalue weighted by Gasteiger charge is -2.08. The van der Waals surface area contributed by atoms with Crippen LogP contribution >= 0.6 is 0 Å². The van der Waals surface area contributed by atoms with Crippen LogP contribution in [0.1, 0.15) is 18.9 Å². The molecule has 0 saturated carbocycles. The third-order valence-corrected chi connectivity index (χ3v) is 1.99. The van der Waals surface area contributed by atoms with Crippen LogP contribution in [0.15, 0.2) is 18.3 Å². The molecule has 1 N–H and O–H groups in total. The SMILES string of the molecule is CCC(=O)NCc1ccc(OCC(F)(F)F)nc1. The number of hydrogen-bond acceptors (Lipinski definition) is 3. The lowest BCUT2D eigenvalue weighted by atomic mass is 10.3. The van der Waals surface area contributed by atoms with Crippen LogP contribution in [0.3, 0.4) is 0 Å². The quantitative estimate of drug-likeness (QED) is 0.883. The number of nitrogens with zero attached hydrogens (tertiary/aromatic N) is 1. The summed E-state index contributed by atoms with van der Waals surface area (Å²) in [4.78, 5) is 14.7. The van der Waals surface area contributed by atoms with Gasteiger partial charge in [-0.25, -0.2) is 4.98 Å². The van der Waals surface area contributed by atoms with E-state index in [4.69, 9.17) is 0 Å². The van der Waals surface area contributed by atoms with Gasteiger partial charge in [0.15, 0.2) is 6.61 Å². The van der Waals surface area contributed by atoms with Gasteiger partial charge in [-0.2, -0.15) is 13.2 Å². The second kappa shape index (κ2) is 6.23. The van der Waals surface area contributed by atoms with Crippen LogP contribution in [-0.2, 0) is 11.3 Å². The van der Waals surface area contributed by atoms with Crippen LogP contribution in [0.2, 0.25) is 0 Å². The first-order valence-electron chi connectivity index (χ1n) is 5.32. The van der Waals surface area contributed by atoms with E-state index in [0.717, 1.165) is 0 Å². The van der Waals surface area contributed by atoms with Gasteiger partial charge in [-0.1, -0.05) is 13.0 Å². The Hall–Kier alpha value is -1.79. The molecule has 0 aromatic carbocycles. The molecule has 1 amide bonds. The number of nitrogens with one attached hydrogen (secondary N) is 1. The molecule has 0 aliphatic carbocycles. The van der Waals surface area contributed by atoms with Crippen LogP contribution in [-0.4, -0.2) is 23.7 Å². The largest absolute Gasteiger partial charge is 0.468 e. The summed E-state index contributed by atoms with van der Waals surface area (Å²) in [7, 11) is 0. The Bertz CT molecular complexity index is 390. The molecule has 0 fully saturated rings. The Morgan fingerprint density at radius 1 is 1.44 bits per heavy atom. The van der Waals surface area contributed by atoms with E-state index in [9.17, 15) is 18.0 Å². The predicted octanol–water partition coefficient (Wildman–Crippen LogP) is 2.05. The number of alkyl halides is 3. The smallest absolute Gasteiger partial charge is 0.422 e. The molecular weight excluding hydrogens is 249 g/mol. The minimum Gasteiger partial charge on any atom is -0.468 e. The highest BCUT2D eigenvalue weighted by Gasteiger charge is 2.28. The zero-order valence-electron chi connectivity index (χ0n) is 9.75. The lowest BCUT2D eigenvalue weighted by molar-refractivity contribution is -0.154. The molecular formula is C11H13F3N2O2. The van der Waals surface area contributed by atoms with Crippen molar-refractivity contribution in [2.24, 2.45) is 0 Å². The van der Waals surface area contributed by atoms with Crippen LogP contribution in [0.4, 0.5) is 13.2 Å². The highest BCUT2D eigenvalue weighted by Crippen LogP contribution is 2.16. The Kier molecular flexibility index (Phi) is 4.94. The number of ether oxygens (including phenoxy) is 1. The number of carbonyl (C=O) groups is 1. The fourth-order valence-corrected chi connectivity index (χ4v) is 1.08. The molecule has 0 bridgehead atoms. The van der Waals surface area contributed by atoms with Crippen molar-refractivity contribution in [1.82, 2.24) is 10.3 Å². The molecule has 1 heterocycles.